The molecule has 138 valence electrons. The van der Waals surface area contributed by atoms with Crippen molar-refractivity contribution in [1.29, 1.82) is 0 Å². The third-order valence-electron chi connectivity index (χ3n) is 4.98. The number of aryl methyl sites for hydroxylation is 1. The Kier molecular flexibility index (Phi) is 5.73. The predicted octanol–water partition coefficient (Wildman–Crippen LogP) is 1.52. The Labute approximate surface area is 150 Å². The van der Waals surface area contributed by atoms with Crippen LogP contribution in [-0.4, -0.2) is 29.9 Å². The fourth-order valence-electron chi connectivity index (χ4n) is 3.61. The summed E-state index contributed by atoms with van der Waals surface area (Å²) in [6.45, 7) is 3.48. The molecule has 2 aromatic heterocycles. The van der Waals surface area contributed by atoms with Gasteiger partial charge in [-0.25, -0.2) is 4.79 Å². The number of rotatable bonds is 7. The van der Waals surface area contributed by atoms with Gasteiger partial charge < -0.3 is 4.74 Å². The second-order valence-corrected chi connectivity index (χ2v) is 7.56. The van der Waals surface area contributed by atoms with Crippen molar-refractivity contribution in [2.45, 2.75) is 51.7 Å². The molecule has 0 saturated heterocycles. The maximum Gasteiger partial charge on any atom is 0.332 e. The molecular formula is C17H26N4O3S. The van der Waals surface area contributed by atoms with E-state index in [0.29, 0.717) is 25.1 Å². The van der Waals surface area contributed by atoms with Crippen molar-refractivity contribution in [2.75, 3.05) is 20.8 Å². The Morgan fingerprint density at radius 2 is 2.00 bits per heavy atom. The number of nitrogens with one attached hydrogen (secondary N) is 2. The van der Waals surface area contributed by atoms with Crippen molar-refractivity contribution in [2.24, 2.45) is 0 Å². The van der Waals surface area contributed by atoms with Gasteiger partial charge in [0.05, 0.1) is 18.5 Å². The third-order valence-corrected chi connectivity index (χ3v) is 6.29. The summed E-state index contributed by atoms with van der Waals surface area (Å²) in [6.07, 6.45) is 3.96. The van der Waals surface area contributed by atoms with Crippen LogP contribution in [0.3, 0.4) is 0 Å². The van der Waals surface area contributed by atoms with Gasteiger partial charge in [0.25, 0.3) is 5.56 Å². The minimum Gasteiger partial charge on any atom is -0.383 e. The van der Waals surface area contributed by atoms with Gasteiger partial charge in [0.15, 0.2) is 0 Å². The summed E-state index contributed by atoms with van der Waals surface area (Å²) >= 11 is 1.51. The fraction of sp³-hybridized carbons (Fsp3) is 0.647. The second-order valence-electron chi connectivity index (χ2n) is 6.47. The average molecular weight is 366 g/mol. The van der Waals surface area contributed by atoms with E-state index in [9.17, 15) is 9.59 Å². The van der Waals surface area contributed by atoms with E-state index in [1.807, 2.05) is 14.0 Å². The summed E-state index contributed by atoms with van der Waals surface area (Å²) < 4.78 is 8.40. The Hall–Kier alpha value is -1.48. The van der Waals surface area contributed by atoms with Gasteiger partial charge in [0, 0.05) is 24.6 Å². The first-order chi connectivity index (χ1) is 12.1. The normalized spacial score (nSPS) is 15.5. The molecule has 7 nitrogen and oxygen atoms in total. The second kappa shape index (κ2) is 7.82. The van der Waals surface area contributed by atoms with Crippen LogP contribution in [0.1, 0.15) is 42.2 Å². The first-order valence-corrected chi connectivity index (χ1v) is 9.57. The maximum absolute atomic E-state index is 13.2. The van der Waals surface area contributed by atoms with E-state index >= 15 is 0 Å². The number of fused-ring (bicyclic) bond motifs is 1. The van der Waals surface area contributed by atoms with Crippen LogP contribution in [-0.2, 0) is 17.8 Å². The minimum absolute atomic E-state index is 0.0244. The van der Waals surface area contributed by atoms with Crippen molar-refractivity contribution >= 4 is 21.6 Å². The molecule has 3 rings (SSSR count). The molecule has 2 heterocycles. The van der Waals surface area contributed by atoms with Crippen LogP contribution < -0.4 is 22.1 Å². The van der Waals surface area contributed by atoms with Crippen LogP contribution in [0.5, 0.6) is 0 Å². The van der Waals surface area contributed by atoms with Gasteiger partial charge >= 0.3 is 5.69 Å². The molecule has 0 atom stereocenters. The first kappa shape index (κ1) is 18.3. The molecule has 25 heavy (non-hydrogen) atoms. The molecule has 8 heteroatoms. The predicted molar refractivity (Wildman–Crippen MR) is 100 cm³/mol. The molecule has 0 radical (unpaired) electrons. The Morgan fingerprint density at radius 1 is 1.28 bits per heavy atom. The summed E-state index contributed by atoms with van der Waals surface area (Å²) in [5.41, 5.74) is 6.61. The van der Waals surface area contributed by atoms with Crippen molar-refractivity contribution in [3.63, 3.8) is 0 Å². The van der Waals surface area contributed by atoms with Gasteiger partial charge in [0.1, 0.15) is 4.83 Å². The molecule has 0 aliphatic heterocycles. The molecule has 2 N–H and O–H groups in total. The lowest BCUT2D eigenvalue weighted by atomic mass is 10.2. The highest BCUT2D eigenvalue weighted by molar-refractivity contribution is 7.18. The SMILES string of the molecule is CNNCc1sc2c(c1C)c(=O)n(C1CCCC1)c(=O)n2CCOC. The quantitative estimate of drug-likeness (QED) is 0.727. The zero-order valence-corrected chi connectivity index (χ0v) is 15.9. The van der Waals surface area contributed by atoms with Crippen molar-refractivity contribution in [1.82, 2.24) is 20.0 Å². The Balaban J connectivity index is 2.24. The van der Waals surface area contributed by atoms with E-state index in [4.69, 9.17) is 4.74 Å². The summed E-state index contributed by atoms with van der Waals surface area (Å²) in [7, 11) is 3.43. The van der Waals surface area contributed by atoms with Crippen LogP contribution in [0.25, 0.3) is 10.2 Å². The summed E-state index contributed by atoms with van der Waals surface area (Å²) in [5.74, 6) is 0. The topological polar surface area (TPSA) is 77.3 Å². The molecule has 0 amide bonds. The molecule has 2 aromatic rings. The van der Waals surface area contributed by atoms with Gasteiger partial charge in [0.2, 0.25) is 0 Å². The number of aromatic nitrogens is 2. The number of hydrogen-bond acceptors (Lipinski definition) is 6. The van der Waals surface area contributed by atoms with E-state index in [1.54, 1.807) is 11.7 Å². The van der Waals surface area contributed by atoms with Gasteiger partial charge in [-0.05, 0) is 32.4 Å². The molecule has 1 fully saturated rings. The molecule has 0 unspecified atom stereocenters. The number of ether oxygens (including phenoxy) is 1. The molecule has 0 spiro atoms. The highest BCUT2D eigenvalue weighted by atomic mass is 32.1. The van der Waals surface area contributed by atoms with E-state index in [-0.39, 0.29) is 17.3 Å². The van der Waals surface area contributed by atoms with Crippen molar-refractivity contribution < 1.29 is 4.74 Å². The Bertz CT molecular complexity index is 861. The molecule has 1 aliphatic carbocycles. The highest BCUT2D eigenvalue weighted by Crippen LogP contribution is 2.31. The highest BCUT2D eigenvalue weighted by Gasteiger charge is 2.25. The number of hydrazine groups is 1. The maximum atomic E-state index is 13.2. The zero-order valence-electron chi connectivity index (χ0n) is 15.1. The van der Waals surface area contributed by atoms with E-state index < -0.39 is 0 Å². The van der Waals surface area contributed by atoms with Crippen LogP contribution in [0.15, 0.2) is 9.59 Å². The lowest BCUT2D eigenvalue weighted by molar-refractivity contribution is 0.186. The first-order valence-electron chi connectivity index (χ1n) is 8.76. The Morgan fingerprint density at radius 3 is 2.64 bits per heavy atom. The summed E-state index contributed by atoms with van der Waals surface area (Å²) in [6, 6.07) is 0.0244. The minimum atomic E-state index is -0.198. The van der Waals surface area contributed by atoms with Gasteiger partial charge in [-0.2, -0.15) is 0 Å². The molecule has 1 aliphatic rings. The van der Waals surface area contributed by atoms with Crippen LogP contribution in [0, 0.1) is 6.92 Å². The fourth-order valence-corrected chi connectivity index (χ4v) is 4.87. The van der Waals surface area contributed by atoms with Gasteiger partial charge in [-0.15, -0.1) is 11.3 Å². The number of methoxy groups -OCH3 is 1. The zero-order chi connectivity index (χ0) is 18.0. The van der Waals surface area contributed by atoms with Gasteiger partial charge in [-0.1, -0.05) is 12.8 Å². The van der Waals surface area contributed by atoms with E-state index in [1.165, 1.54) is 15.9 Å². The van der Waals surface area contributed by atoms with Gasteiger partial charge in [-0.3, -0.25) is 24.8 Å². The average Bonchev–Trinajstić information content (AvgIpc) is 3.22. The molecule has 0 aromatic carbocycles. The smallest absolute Gasteiger partial charge is 0.332 e. The van der Waals surface area contributed by atoms with Crippen LogP contribution >= 0.6 is 11.3 Å². The van der Waals surface area contributed by atoms with Crippen LogP contribution in [0.2, 0.25) is 0 Å². The lowest BCUT2D eigenvalue weighted by Crippen LogP contribution is -2.42. The number of nitrogens with zero attached hydrogens (tertiary/aromatic N) is 2. The lowest BCUT2D eigenvalue weighted by Gasteiger charge is -2.16. The van der Waals surface area contributed by atoms with Crippen molar-refractivity contribution in [3.05, 3.63) is 31.3 Å². The number of thiophene rings is 1. The van der Waals surface area contributed by atoms with E-state index in [2.05, 4.69) is 10.9 Å². The summed E-state index contributed by atoms with van der Waals surface area (Å²) in [4.78, 5) is 28.1. The molecule has 1 saturated carbocycles. The van der Waals surface area contributed by atoms with E-state index in [0.717, 1.165) is 41.0 Å². The molecule has 0 bridgehead atoms. The number of hydrogen-bond donors (Lipinski definition) is 2. The monoisotopic (exact) mass is 366 g/mol. The van der Waals surface area contributed by atoms with Crippen LogP contribution in [0.4, 0.5) is 0 Å². The third kappa shape index (κ3) is 3.31. The largest absolute Gasteiger partial charge is 0.383 e. The standard InChI is InChI=1S/C17H26N4O3S/c1-11-13(10-19-18-2)25-16-14(11)15(22)21(12-6-4-5-7-12)17(23)20(16)8-9-24-3/h12,18-19H,4-10H2,1-3H3. The molecular weight excluding hydrogens is 340 g/mol. The van der Waals surface area contributed by atoms with Crippen molar-refractivity contribution in [3.8, 4) is 0 Å². The summed E-state index contributed by atoms with van der Waals surface area (Å²) in [5, 5.41) is 0.681.